The predicted molar refractivity (Wildman–Crippen MR) is 213 cm³/mol. The van der Waals surface area contributed by atoms with E-state index in [1.165, 1.54) is 19.3 Å². The Morgan fingerprint density at radius 1 is 1.07 bits per heavy atom. The number of carbonyl (C=O) groups is 2. The molecule has 2 fully saturated rings. The molecule has 2 aromatic carbocycles. The molecule has 1 aliphatic carbocycles. The number of benzene rings is 2. The summed E-state index contributed by atoms with van der Waals surface area (Å²) in [5, 5.41) is 3.97. The number of hydrogen-bond acceptors (Lipinski definition) is 8. The van der Waals surface area contributed by atoms with Crippen molar-refractivity contribution in [2.45, 2.75) is 94.9 Å². The number of hydrogen-bond donors (Lipinski definition) is 1. The summed E-state index contributed by atoms with van der Waals surface area (Å²) in [6.07, 6.45) is 12.1. The van der Waals surface area contributed by atoms with Crippen LogP contribution in [0.4, 0.5) is 5.69 Å². The van der Waals surface area contributed by atoms with Crippen molar-refractivity contribution in [3.05, 3.63) is 76.1 Å². The van der Waals surface area contributed by atoms with E-state index in [1.54, 1.807) is 33.2 Å². The Labute approximate surface area is 320 Å². The minimum Gasteiger partial charge on any atom is -0.497 e. The van der Waals surface area contributed by atoms with E-state index in [0.717, 1.165) is 65.1 Å². The van der Waals surface area contributed by atoms with Crippen LogP contribution in [0.3, 0.4) is 0 Å². The third-order valence-electron chi connectivity index (χ3n) is 13.0. The zero-order valence-electron chi connectivity index (χ0n) is 32.9. The molecule has 4 heterocycles. The van der Waals surface area contributed by atoms with E-state index in [-0.39, 0.29) is 17.4 Å². The molecule has 0 radical (unpaired) electrons. The van der Waals surface area contributed by atoms with E-state index < -0.39 is 21.2 Å². The quantitative estimate of drug-likeness (QED) is 0.267. The lowest BCUT2D eigenvalue weighted by Crippen LogP contribution is -2.47. The summed E-state index contributed by atoms with van der Waals surface area (Å²) in [5.74, 6) is 0.485. The van der Waals surface area contributed by atoms with Gasteiger partial charge in [-0.3, -0.25) is 14.3 Å². The first-order chi connectivity index (χ1) is 25.8. The number of likely N-dealkylation sites (tertiary alicyclic amines) is 1. The maximum atomic E-state index is 14.4. The topological polar surface area (TPSA) is 117 Å². The fraction of sp³-hybridized carbons (Fsp3) is 0.548. The molecule has 7 rings (SSSR count). The van der Waals surface area contributed by atoms with Gasteiger partial charge in [0.2, 0.25) is 10.0 Å². The van der Waals surface area contributed by atoms with E-state index in [0.29, 0.717) is 49.1 Å². The molecule has 1 N–H and O–H groups in total. The fourth-order valence-electron chi connectivity index (χ4n) is 9.62. The molecule has 4 unspecified atom stereocenters. The lowest BCUT2D eigenvalue weighted by atomic mass is 9.62. The molecule has 3 aliphatic heterocycles. The van der Waals surface area contributed by atoms with Crippen molar-refractivity contribution in [3.8, 4) is 5.75 Å². The zero-order chi connectivity index (χ0) is 38.5. The van der Waals surface area contributed by atoms with E-state index in [1.807, 2.05) is 28.8 Å². The Hall–Kier alpha value is -4.16. The number of fused-ring (bicyclic) bond motifs is 5. The molecule has 4 aliphatic rings. The van der Waals surface area contributed by atoms with Crippen molar-refractivity contribution in [1.82, 2.24) is 24.3 Å². The monoisotopic (exact) mass is 756 g/mol. The van der Waals surface area contributed by atoms with Crippen LogP contribution in [0.2, 0.25) is 0 Å². The van der Waals surface area contributed by atoms with Gasteiger partial charge in [0.1, 0.15) is 5.75 Å². The molecule has 1 aromatic heterocycles. The molecule has 0 bridgehead atoms. The highest BCUT2D eigenvalue weighted by molar-refractivity contribution is 7.90. The standard InChI is InChI=1S/C42H56N6O5S/c1-8-27(2)54(51,52)44-40(49)28-16-19-36-37(23-28)48-25-30(38-35(24-43-46(38)6)41(50)47-20-12-15-32(26-47)45(4)5)21-29-22-33(53-7)17-18-34(29)39(48)42(36,3)31-13-10-9-11-14-31/h16-19,21-24,27,31-32,39H,8-15,20,25-26H2,1-7H3,(H,44,49). The van der Waals surface area contributed by atoms with Gasteiger partial charge < -0.3 is 19.4 Å². The van der Waals surface area contributed by atoms with E-state index in [2.05, 4.69) is 64.9 Å². The fourth-order valence-corrected chi connectivity index (χ4v) is 10.6. The summed E-state index contributed by atoms with van der Waals surface area (Å²) in [6.45, 7) is 7.61. The number of piperidine rings is 1. The molecular weight excluding hydrogens is 701 g/mol. The van der Waals surface area contributed by atoms with Crippen LogP contribution in [0.5, 0.6) is 5.75 Å². The van der Waals surface area contributed by atoms with Crippen LogP contribution in [-0.4, -0.2) is 91.9 Å². The molecule has 2 amide bonds. The number of nitrogens with one attached hydrogen (secondary N) is 1. The van der Waals surface area contributed by atoms with Gasteiger partial charge in [-0.15, -0.1) is 0 Å². The molecule has 290 valence electrons. The highest BCUT2D eigenvalue weighted by atomic mass is 32.2. The minimum absolute atomic E-state index is 0.0208. The third-order valence-corrected chi connectivity index (χ3v) is 14.8. The van der Waals surface area contributed by atoms with Gasteiger partial charge in [0.15, 0.2) is 0 Å². The van der Waals surface area contributed by atoms with Crippen molar-refractivity contribution in [3.63, 3.8) is 0 Å². The smallest absolute Gasteiger partial charge is 0.264 e. The van der Waals surface area contributed by atoms with E-state index >= 15 is 0 Å². The Balaban J connectivity index is 1.37. The van der Waals surface area contributed by atoms with Crippen molar-refractivity contribution in [2.24, 2.45) is 13.0 Å². The largest absolute Gasteiger partial charge is 0.497 e. The van der Waals surface area contributed by atoms with E-state index in [4.69, 9.17) is 4.74 Å². The van der Waals surface area contributed by atoms with Crippen LogP contribution in [0, 0.1) is 5.92 Å². The van der Waals surface area contributed by atoms with Crippen LogP contribution in [0.15, 0.2) is 42.6 Å². The number of ether oxygens (including phenoxy) is 1. The number of aromatic nitrogens is 2. The Morgan fingerprint density at radius 2 is 1.83 bits per heavy atom. The van der Waals surface area contributed by atoms with Gasteiger partial charge in [0.05, 0.1) is 35.9 Å². The van der Waals surface area contributed by atoms with Crippen LogP contribution < -0.4 is 14.4 Å². The number of anilines is 1. The number of aryl methyl sites for hydroxylation is 1. The number of methoxy groups -OCH3 is 1. The average molecular weight is 757 g/mol. The first-order valence-electron chi connectivity index (χ1n) is 19.6. The van der Waals surface area contributed by atoms with Crippen LogP contribution >= 0.6 is 0 Å². The number of rotatable bonds is 9. The number of likely N-dealkylation sites (N-methyl/N-ethyl adjacent to an activating group) is 1. The summed E-state index contributed by atoms with van der Waals surface area (Å²) < 4.78 is 35.9. The number of carbonyl (C=O) groups excluding carboxylic acids is 2. The Kier molecular flexibility index (Phi) is 10.5. The minimum atomic E-state index is -3.84. The number of sulfonamides is 1. The molecule has 1 saturated heterocycles. The highest BCUT2D eigenvalue weighted by Crippen LogP contribution is 2.61. The molecule has 54 heavy (non-hydrogen) atoms. The Bertz CT molecular complexity index is 2070. The summed E-state index contributed by atoms with van der Waals surface area (Å²) in [5.41, 5.74) is 6.50. The van der Waals surface area contributed by atoms with Gasteiger partial charge in [0, 0.05) is 49.4 Å². The van der Waals surface area contributed by atoms with Crippen molar-refractivity contribution in [2.75, 3.05) is 45.7 Å². The molecule has 1 saturated carbocycles. The van der Waals surface area contributed by atoms with Gasteiger partial charge in [0.25, 0.3) is 11.8 Å². The number of nitrogens with zero attached hydrogens (tertiary/aromatic N) is 5. The van der Waals surface area contributed by atoms with Crippen molar-refractivity contribution < 1.29 is 22.7 Å². The third kappa shape index (κ3) is 6.63. The zero-order valence-corrected chi connectivity index (χ0v) is 33.7. The van der Waals surface area contributed by atoms with Gasteiger partial charge >= 0.3 is 0 Å². The molecule has 11 nitrogen and oxygen atoms in total. The number of amides is 2. The van der Waals surface area contributed by atoms with Gasteiger partial charge in [-0.05, 0) is 112 Å². The normalized spacial score (nSPS) is 23.6. The summed E-state index contributed by atoms with van der Waals surface area (Å²) in [4.78, 5) is 34.7. The molecule has 3 aromatic rings. The second kappa shape index (κ2) is 14.8. The lowest BCUT2D eigenvalue weighted by molar-refractivity contribution is 0.0634. The Morgan fingerprint density at radius 3 is 2.54 bits per heavy atom. The van der Waals surface area contributed by atoms with Crippen LogP contribution in [0.1, 0.15) is 121 Å². The molecule has 0 spiro atoms. The van der Waals surface area contributed by atoms with Gasteiger partial charge in [-0.2, -0.15) is 5.10 Å². The van der Waals surface area contributed by atoms with Crippen LogP contribution in [0.25, 0.3) is 11.6 Å². The second-order valence-corrected chi connectivity index (χ2v) is 18.4. The second-order valence-electron chi connectivity index (χ2n) is 16.3. The average Bonchev–Trinajstić information content (AvgIpc) is 3.61. The van der Waals surface area contributed by atoms with Crippen LogP contribution in [-0.2, 0) is 22.5 Å². The first kappa shape index (κ1) is 38.1. The first-order valence-corrected chi connectivity index (χ1v) is 21.2. The van der Waals surface area contributed by atoms with Gasteiger partial charge in [-0.25, -0.2) is 13.1 Å². The van der Waals surface area contributed by atoms with Gasteiger partial charge in [-0.1, -0.05) is 45.2 Å². The summed E-state index contributed by atoms with van der Waals surface area (Å²) >= 11 is 0. The lowest BCUT2D eigenvalue weighted by Gasteiger charge is -2.44. The molecule has 12 heteroatoms. The molecular formula is C42H56N6O5S. The highest BCUT2D eigenvalue weighted by Gasteiger charge is 2.54. The summed E-state index contributed by atoms with van der Waals surface area (Å²) in [6, 6.07) is 12.2. The maximum Gasteiger partial charge on any atom is 0.264 e. The van der Waals surface area contributed by atoms with Crippen molar-refractivity contribution in [1.29, 1.82) is 0 Å². The SMILES string of the molecule is CCC(C)S(=O)(=O)NC(=O)c1ccc2c(c1)N1CC(c3c(C(=O)N4CCCC(N(C)C)C4)cnn3C)=Cc3cc(OC)ccc3C1C2(C)C1CCCCC1. The van der Waals surface area contributed by atoms with Crippen molar-refractivity contribution >= 4 is 39.2 Å². The predicted octanol–water partition coefficient (Wildman–Crippen LogP) is 6.41. The molecule has 4 atom stereocenters. The van der Waals surface area contributed by atoms with E-state index in [9.17, 15) is 18.0 Å². The summed E-state index contributed by atoms with van der Waals surface area (Å²) in [7, 11) is 3.87. The maximum absolute atomic E-state index is 14.4.